The molecule has 0 aliphatic carbocycles. The predicted molar refractivity (Wildman–Crippen MR) is 83.2 cm³/mol. The van der Waals surface area contributed by atoms with Gasteiger partial charge in [0.05, 0.1) is 47.3 Å². The van der Waals surface area contributed by atoms with E-state index in [2.05, 4.69) is 0 Å². The van der Waals surface area contributed by atoms with Gasteiger partial charge in [-0.15, -0.1) is 0 Å². The summed E-state index contributed by atoms with van der Waals surface area (Å²) in [6, 6.07) is 4.73. The number of aliphatic hydroxyl groups excluding tert-OH is 1. The largest absolute Gasteiger partial charge is 0.417 e. The van der Waals surface area contributed by atoms with Crippen LogP contribution in [-0.2, 0) is 20.4 Å². The molecule has 4 fully saturated rings. The second kappa shape index (κ2) is 4.82. The average molecular weight is 380 g/mol. The number of aliphatic hydroxyl groups is 1. The summed E-state index contributed by atoms with van der Waals surface area (Å²) in [5.74, 6) is -1.40. The van der Waals surface area contributed by atoms with Crippen LogP contribution in [0, 0.1) is 23.2 Å². The molecule has 1 N–H and O–H groups in total. The summed E-state index contributed by atoms with van der Waals surface area (Å²) in [4.78, 5) is 14.4. The Hall–Kier alpha value is -2.15. The molecule has 1 aromatic rings. The molecule has 0 aromatic heterocycles. The Kier molecular flexibility index (Phi) is 3.03. The van der Waals surface area contributed by atoms with Crippen LogP contribution in [0.3, 0.4) is 0 Å². The lowest BCUT2D eigenvalue weighted by molar-refractivity contribution is -0.138. The normalized spacial score (nSPS) is 41.9. The number of halogens is 3. The van der Waals surface area contributed by atoms with Gasteiger partial charge in [-0.05, 0) is 25.1 Å². The topological polar surface area (TPSA) is 82.8 Å². The van der Waals surface area contributed by atoms with E-state index < -0.39 is 52.7 Å². The molecule has 5 rings (SSSR count). The maximum absolute atomic E-state index is 13.3. The molecule has 6 nitrogen and oxygen atoms in total. The molecule has 4 heterocycles. The van der Waals surface area contributed by atoms with Gasteiger partial charge in [-0.25, -0.2) is 0 Å². The molecule has 27 heavy (non-hydrogen) atoms. The number of hydrogen-bond acceptors (Lipinski definition) is 5. The Morgan fingerprint density at radius 1 is 1.41 bits per heavy atom. The van der Waals surface area contributed by atoms with E-state index in [0.717, 1.165) is 12.1 Å². The van der Waals surface area contributed by atoms with Crippen molar-refractivity contribution in [1.82, 2.24) is 0 Å². The fourth-order valence-electron chi connectivity index (χ4n) is 5.40. The molecule has 2 bridgehead atoms. The zero-order valence-corrected chi connectivity index (χ0v) is 14.2. The Morgan fingerprint density at radius 2 is 2.15 bits per heavy atom. The fourth-order valence-corrected chi connectivity index (χ4v) is 5.40. The fraction of sp³-hybridized carbons (Fsp3) is 0.556. The van der Waals surface area contributed by atoms with Crippen LogP contribution in [-0.4, -0.2) is 41.2 Å². The lowest BCUT2D eigenvalue weighted by Gasteiger charge is -2.31. The van der Waals surface area contributed by atoms with Crippen molar-refractivity contribution in [3.8, 4) is 6.07 Å². The summed E-state index contributed by atoms with van der Waals surface area (Å²) in [6.07, 6.45) is -6.02. The third-order valence-electron chi connectivity index (χ3n) is 6.42. The number of carbonyl (C=O) groups excluding carboxylic acids is 1. The summed E-state index contributed by atoms with van der Waals surface area (Å²) >= 11 is 0. The van der Waals surface area contributed by atoms with Crippen LogP contribution >= 0.6 is 0 Å². The van der Waals surface area contributed by atoms with E-state index in [1.807, 2.05) is 0 Å². The molecule has 0 radical (unpaired) electrons. The Labute approximate surface area is 152 Å². The van der Waals surface area contributed by atoms with Gasteiger partial charge in [0.1, 0.15) is 11.8 Å². The minimum atomic E-state index is -4.72. The van der Waals surface area contributed by atoms with Crippen molar-refractivity contribution >= 4 is 11.6 Å². The highest BCUT2D eigenvalue weighted by Gasteiger charge is 2.80. The molecule has 4 saturated heterocycles. The van der Waals surface area contributed by atoms with Gasteiger partial charge in [0, 0.05) is 12.1 Å². The molecule has 6 atom stereocenters. The van der Waals surface area contributed by atoms with Crippen molar-refractivity contribution in [3.05, 3.63) is 29.3 Å². The number of alkyl halides is 3. The molecule has 9 heteroatoms. The van der Waals surface area contributed by atoms with E-state index in [1.54, 1.807) is 6.92 Å². The zero-order chi connectivity index (χ0) is 19.4. The quantitative estimate of drug-likeness (QED) is 0.804. The monoisotopic (exact) mass is 380 g/mol. The number of benzene rings is 1. The minimum Gasteiger partial charge on any atom is -0.390 e. The lowest BCUT2D eigenvalue weighted by atomic mass is 9.68. The number of hydrogen-bond donors (Lipinski definition) is 1. The molecular weight excluding hydrogens is 365 g/mol. The molecule has 1 spiro atoms. The maximum Gasteiger partial charge on any atom is 0.417 e. The number of nitriles is 1. The number of rotatable bonds is 1. The highest BCUT2D eigenvalue weighted by molar-refractivity contribution is 6.00. The standard InChI is InChI=1S/C18H15F3N2O4/c1-16-5-11(24)17(27-16)7-26-15-13(17)12(16)14(25)23(15)9-3-2-8(6-22)10(4-9)18(19,20)21/h2-4,11-13,15,24H,5,7H2,1H3/t11-,12+,13-,15-,16?,17?/m1/s1. The van der Waals surface area contributed by atoms with Crippen molar-refractivity contribution in [1.29, 1.82) is 5.26 Å². The van der Waals surface area contributed by atoms with Gasteiger partial charge in [0.2, 0.25) is 5.91 Å². The first-order valence-electron chi connectivity index (χ1n) is 8.57. The van der Waals surface area contributed by atoms with E-state index >= 15 is 0 Å². The summed E-state index contributed by atoms with van der Waals surface area (Å²) in [5, 5.41) is 19.4. The van der Waals surface area contributed by atoms with Gasteiger partial charge < -0.3 is 14.6 Å². The maximum atomic E-state index is 13.3. The van der Waals surface area contributed by atoms with E-state index in [1.165, 1.54) is 17.0 Å². The number of ether oxygens (including phenoxy) is 2. The second-order valence-electron chi connectivity index (χ2n) is 7.84. The second-order valence-corrected chi connectivity index (χ2v) is 7.84. The molecule has 4 aliphatic heterocycles. The molecule has 142 valence electrons. The van der Waals surface area contributed by atoms with Crippen LogP contribution in [0.15, 0.2) is 18.2 Å². The van der Waals surface area contributed by atoms with Crippen LogP contribution in [0.4, 0.5) is 18.9 Å². The molecular formula is C18H15F3N2O4. The van der Waals surface area contributed by atoms with Crippen molar-refractivity contribution in [3.63, 3.8) is 0 Å². The smallest absolute Gasteiger partial charge is 0.390 e. The summed E-state index contributed by atoms with van der Waals surface area (Å²) in [7, 11) is 0. The average Bonchev–Trinajstić information content (AvgIpc) is 3.24. The van der Waals surface area contributed by atoms with E-state index in [0.29, 0.717) is 0 Å². The van der Waals surface area contributed by atoms with Gasteiger partial charge in [0.15, 0.2) is 0 Å². The summed E-state index contributed by atoms with van der Waals surface area (Å²) in [5.41, 5.74) is -3.43. The van der Waals surface area contributed by atoms with Crippen LogP contribution in [0.1, 0.15) is 24.5 Å². The van der Waals surface area contributed by atoms with Crippen molar-refractivity contribution in [2.45, 2.75) is 43.1 Å². The van der Waals surface area contributed by atoms with E-state index in [-0.39, 0.29) is 24.6 Å². The van der Waals surface area contributed by atoms with Gasteiger partial charge in [-0.3, -0.25) is 9.69 Å². The molecule has 0 saturated carbocycles. The molecule has 1 amide bonds. The Balaban J connectivity index is 1.61. The zero-order valence-electron chi connectivity index (χ0n) is 14.2. The highest BCUT2D eigenvalue weighted by atomic mass is 19.4. The van der Waals surface area contributed by atoms with Gasteiger partial charge in [-0.2, -0.15) is 18.4 Å². The third-order valence-corrected chi connectivity index (χ3v) is 6.42. The van der Waals surface area contributed by atoms with Crippen LogP contribution in [0.25, 0.3) is 0 Å². The molecule has 4 aliphatic rings. The number of carbonyl (C=O) groups is 1. The minimum absolute atomic E-state index is 0.0280. The summed E-state index contributed by atoms with van der Waals surface area (Å²) < 4.78 is 51.8. The van der Waals surface area contributed by atoms with Crippen LogP contribution < -0.4 is 4.90 Å². The predicted octanol–water partition coefficient (Wildman–Crippen LogP) is 1.80. The summed E-state index contributed by atoms with van der Waals surface area (Å²) in [6.45, 7) is 1.84. The third kappa shape index (κ3) is 1.88. The first-order chi connectivity index (χ1) is 12.6. The SMILES string of the molecule is CC12C[C@@H](O)C3(CO[C@@H]4[C@H]3[C@H]1C(=O)N4c1ccc(C#N)c(C(F)(F)F)c1)O2. The molecule has 2 unspecified atom stereocenters. The van der Waals surface area contributed by atoms with Crippen LogP contribution in [0.2, 0.25) is 0 Å². The van der Waals surface area contributed by atoms with Crippen LogP contribution in [0.5, 0.6) is 0 Å². The van der Waals surface area contributed by atoms with E-state index in [4.69, 9.17) is 14.7 Å². The van der Waals surface area contributed by atoms with Crippen molar-refractivity contribution in [2.24, 2.45) is 11.8 Å². The van der Waals surface area contributed by atoms with Crippen molar-refractivity contribution < 1.29 is 32.5 Å². The molecule has 1 aromatic carbocycles. The highest BCUT2D eigenvalue weighted by Crippen LogP contribution is 2.65. The van der Waals surface area contributed by atoms with E-state index in [9.17, 15) is 23.1 Å². The number of amides is 1. The first-order valence-corrected chi connectivity index (χ1v) is 8.57. The van der Waals surface area contributed by atoms with Gasteiger partial charge >= 0.3 is 6.18 Å². The first kappa shape index (κ1) is 17.0. The van der Waals surface area contributed by atoms with Gasteiger partial charge in [0.25, 0.3) is 0 Å². The number of nitrogens with zero attached hydrogens (tertiary/aromatic N) is 2. The Bertz CT molecular complexity index is 913. The number of anilines is 1. The lowest BCUT2D eigenvalue weighted by Crippen LogP contribution is -2.49. The number of fused-ring (bicyclic) bond motifs is 2. The Morgan fingerprint density at radius 3 is 2.81 bits per heavy atom. The van der Waals surface area contributed by atoms with Crippen molar-refractivity contribution in [2.75, 3.05) is 11.5 Å². The van der Waals surface area contributed by atoms with Gasteiger partial charge in [-0.1, -0.05) is 0 Å².